The lowest BCUT2D eigenvalue weighted by atomic mass is 9.87. The molecule has 1 aliphatic rings. The zero-order valence-corrected chi connectivity index (χ0v) is 12.0. The van der Waals surface area contributed by atoms with E-state index in [0.29, 0.717) is 11.3 Å². The molecule has 0 saturated carbocycles. The highest BCUT2D eigenvalue weighted by atomic mass is 32.2. The minimum atomic E-state index is 0.514. The molecule has 18 heavy (non-hydrogen) atoms. The van der Waals surface area contributed by atoms with Crippen LogP contribution in [-0.4, -0.2) is 17.5 Å². The summed E-state index contributed by atoms with van der Waals surface area (Å²) in [5.74, 6) is 1.05. The maximum Gasteiger partial charge on any atom is 0.0443 e. The molecule has 0 fully saturated rings. The van der Waals surface area contributed by atoms with E-state index in [0.717, 1.165) is 12.3 Å². The zero-order valence-electron chi connectivity index (χ0n) is 11.2. The van der Waals surface area contributed by atoms with Crippen molar-refractivity contribution in [2.45, 2.75) is 37.5 Å². The molecule has 1 N–H and O–H groups in total. The van der Waals surface area contributed by atoms with E-state index >= 15 is 0 Å². The maximum atomic E-state index is 3.84. The maximum absolute atomic E-state index is 3.84. The molecule has 98 valence electrons. The second-order valence-electron chi connectivity index (χ2n) is 4.83. The Morgan fingerprint density at radius 1 is 1.44 bits per heavy atom. The van der Waals surface area contributed by atoms with Gasteiger partial charge in [-0.2, -0.15) is 11.8 Å². The van der Waals surface area contributed by atoms with E-state index in [1.807, 2.05) is 17.8 Å². The molecule has 0 aromatic heterocycles. The number of hydrogen-bond acceptors (Lipinski definition) is 2. The van der Waals surface area contributed by atoms with Crippen LogP contribution in [0.5, 0.6) is 0 Å². The van der Waals surface area contributed by atoms with Gasteiger partial charge in [0.1, 0.15) is 0 Å². The highest BCUT2D eigenvalue weighted by Gasteiger charge is 2.28. The number of aryl methyl sites for hydroxylation is 1. The fourth-order valence-corrected chi connectivity index (χ4v) is 3.75. The van der Waals surface area contributed by atoms with E-state index < -0.39 is 0 Å². The number of rotatable bonds is 6. The summed E-state index contributed by atoms with van der Waals surface area (Å²) < 4.78 is 0. The molecule has 0 amide bonds. The van der Waals surface area contributed by atoms with Gasteiger partial charge in [0.15, 0.2) is 0 Å². The van der Waals surface area contributed by atoms with E-state index in [1.165, 1.54) is 30.4 Å². The molecule has 0 heterocycles. The summed E-state index contributed by atoms with van der Waals surface area (Å²) in [5, 5.41) is 4.42. The Morgan fingerprint density at radius 2 is 2.28 bits per heavy atom. The van der Waals surface area contributed by atoms with Gasteiger partial charge >= 0.3 is 0 Å². The van der Waals surface area contributed by atoms with Gasteiger partial charge < -0.3 is 5.32 Å². The Balaban J connectivity index is 2.16. The SMILES string of the molecule is C=CCSC1CCc2ccccc2C1NCCC. The second kappa shape index (κ2) is 7.01. The zero-order chi connectivity index (χ0) is 12.8. The summed E-state index contributed by atoms with van der Waals surface area (Å²) in [7, 11) is 0. The third-order valence-electron chi connectivity index (χ3n) is 3.50. The van der Waals surface area contributed by atoms with Gasteiger partial charge in [0.2, 0.25) is 0 Å². The van der Waals surface area contributed by atoms with Gasteiger partial charge in [0.25, 0.3) is 0 Å². The van der Waals surface area contributed by atoms with Crippen LogP contribution in [0.1, 0.15) is 36.9 Å². The Bertz CT molecular complexity index is 388. The lowest BCUT2D eigenvalue weighted by molar-refractivity contribution is 0.472. The Kier molecular flexibility index (Phi) is 5.33. The number of benzene rings is 1. The first-order valence-electron chi connectivity index (χ1n) is 6.90. The van der Waals surface area contributed by atoms with E-state index in [2.05, 4.69) is 43.1 Å². The number of nitrogens with one attached hydrogen (secondary N) is 1. The summed E-state index contributed by atoms with van der Waals surface area (Å²) in [6, 6.07) is 9.42. The van der Waals surface area contributed by atoms with Crippen molar-refractivity contribution < 1.29 is 0 Å². The Morgan fingerprint density at radius 3 is 3.06 bits per heavy atom. The van der Waals surface area contributed by atoms with Crippen molar-refractivity contribution in [3.8, 4) is 0 Å². The van der Waals surface area contributed by atoms with Crippen molar-refractivity contribution in [2.75, 3.05) is 12.3 Å². The van der Waals surface area contributed by atoms with Crippen LogP contribution in [0.4, 0.5) is 0 Å². The van der Waals surface area contributed by atoms with Crippen LogP contribution < -0.4 is 5.32 Å². The average molecular weight is 261 g/mol. The van der Waals surface area contributed by atoms with Crippen LogP contribution in [0.2, 0.25) is 0 Å². The number of thioether (sulfide) groups is 1. The summed E-state index contributed by atoms with van der Waals surface area (Å²) in [4.78, 5) is 0. The third kappa shape index (κ3) is 3.18. The van der Waals surface area contributed by atoms with Gasteiger partial charge in [-0.15, -0.1) is 6.58 Å². The topological polar surface area (TPSA) is 12.0 Å². The first-order chi connectivity index (χ1) is 8.86. The highest BCUT2D eigenvalue weighted by molar-refractivity contribution is 8.00. The third-order valence-corrected chi connectivity index (χ3v) is 4.87. The van der Waals surface area contributed by atoms with Gasteiger partial charge in [0.05, 0.1) is 0 Å². The Hall–Kier alpha value is -0.730. The van der Waals surface area contributed by atoms with Crippen molar-refractivity contribution in [2.24, 2.45) is 0 Å². The molecule has 1 aliphatic carbocycles. The molecule has 2 heteroatoms. The molecule has 0 bridgehead atoms. The van der Waals surface area contributed by atoms with E-state index in [-0.39, 0.29) is 0 Å². The first-order valence-corrected chi connectivity index (χ1v) is 7.95. The monoisotopic (exact) mass is 261 g/mol. The largest absolute Gasteiger partial charge is 0.309 e. The first kappa shape index (κ1) is 13.7. The molecule has 0 aliphatic heterocycles. The van der Waals surface area contributed by atoms with Crippen molar-refractivity contribution in [1.82, 2.24) is 5.32 Å². The Labute approximate surface area is 115 Å². The molecule has 1 aromatic rings. The molecule has 0 saturated heterocycles. The lowest BCUT2D eigenvalue weighted by Crippen LogP contribution is -2.35. The van der Waals surface area contributed by atoms with Gasteiger partial charge in [0, 0.05) is 17.0 Å². The second-order valence-corrected chi connectivity index (χ2v) is 6.10. The molecule has 2 unspecified atom stereocenters. The molecule has 1 nitrogen and oxygen atoms in total. The van der Waals surface area contributed by atoms with E-state index in [4.69, 9.17) is 0 Å². The molecule has 0 radical (unpaired) electrons. The predicted molar refractivity (Wildman–Crippen MR) is 82.2 cm³/mol. The van der Waals surface area contributed by atoms with Crippen LogP contribution >= 0.6 is 11.8 Å². The molecule has 2 rings (SSSR count). The van der Waals surface area contributed by atoms with Crippen LogP contribution in [0, 0.1) is 0 Å². The van der Waals surface area contributed by atoms with Crippen molar-refractivity contribution in [3.05, 3.63) is 48.0 Å². The van der Waals surface area contributed by atoms with Gasteiger partial charge in [-0.05, 0) is 36.9 Å². The summed E-state index contributed by atoms with van der Waals surface area (Å²) in [6.45, 7) is 7.17. The standard InChI is InChI=1S/C16H23NS/c1-3-11-17-16-14-8-6-5-7-13(14)9-10-15(16)18-12-4-2/h4-8,15-17H,2-3,9-12H2,1H3. The van der Waals surface area contributed by atoms with E-state index in [9.17, 15) is 0 Å². The lowest BCUT2D eigenvalue weighted by Gasteiger charge is -2.34. The fourth-order valence-electron chi connectivity index (χ4n) is 2.64. The smallest absolute Gasteiger partial charge is 0.0443 e. The van der Waals surface area contributed by atoms with Crippen molar-refractivity contribution in [3.63, 3.8) is 0 Å². The molecular formula is C16H23NS. The van der Waals surface area contributed by atoms with Gasteiger partial charge in [-0.1, -0.05) is 37.3 Å². The normalized spacial score (nSPS) is 22.5. The van der Waals surface area contributed by atoms with Crippen LogP contribution in [0.25, 0.3) is 0 Å². The number of fused-ring (bicyclic) bond motifs is 1. The molecular weight excluding hydrogens is 238 g/mol. The van der Waals surface area contributed by atoms with Crippen LogP contribution in [0.15, 0.2) is 36.9 Å². The van der Waals surface area contributed by atoms with Crippen LogP contribution in [-0.2, 0) is 6.42 Å². The van der Waals surface area contributed by atoms with Crippen LogP contribution in [0.3, 0.4) is 0 Å². The van der Waals surface area contributed by atoms with Gasteiger partial charge in [-0.3, -0.25) is 0 Å². The summed E-state index contributed by atoms with van der Waals surface area (Å²) in [6.07, 6.45) is 5.70. The molecule has 1 aromatic carbocycles. The minimum absolute atomic E-state index is 0.514. The summed E-state index contributed by atoms with van der Waals surface area (Å²) >= 11 is 2.04. The predicted octanol–water partition coefficient (Wildman–Crippen LogP) is 3.96. The average Bonchev–Trinajstić information content (AvgIpc) is 2.43. The quantitative estimate of drug-likeness (QED) is 0.778. The van der Waals surface area contributed by atoms with Crippen molar-refractivity contribution in [1.29, 1.82) is 0 Å². The molecule has 2 atom stereocenters. The minimum Gasteiger partial charge on any atom is -0.309 e. The van der Waals surface area contributed by atoms with Gasteiger partial charge in [-0.25, -0.2) is 0 Å². The summed E-state index contributed by atoms with van der Waals surface area (Å²) in [5.41, 5.74) is 3.04. The van der Waals surface area contributed by atoms with E-state index in [1.54, 1.807) is 0 Å². The highest BCUT2D eigenvalue weighted by Crippen LogP contribution is 2.36. The van der Waals surface area contributed by atoms with Crippen molar-refractivity contribution >= 4 is 11.8 Å². The fraction of sp³-hybridized carbons (Fsp3) is 0.500. The molecule has 0 spiro atoms. The number of hydrogen-bond donors (Lipinski definition) is 1.